The number of oxazole rings is 1. The van der Waals surface area contributed by atoms with Crippen LogP contribution in [-0.2, 0) is 5.75 Å². The van der Waals surface area contributed by atoms with Crippen LogP contribution in [-0.4, -0.2) is 4.98 Å². The molecule has 0 atom stereocenters. The highest BCUT2D eigenvalue weighted by molar-refractivity contribution is 9.10. The molecule has 2 nitrogen and oxygen atoms in total. The molecule has 0 N–H and O–H groups in total. The van der Waals surface area contributed by atoms with Crippen LogP contribution in [0.3, 0.4) is 0 Å². The summed E-state index contributed by atoms with van der Waals surface area (Å²) in [4.78, 5) is 5.56. The van der Waals surface area contributed by atoms with Gasteiger partial charge in [0.05, 0.1) is 11.9 Å². The van der Waals surface area contributed by atoms with E-state index in [2.05, 4.69) is 33.0 Å². The van der Waals surface area contributed by atoms with Crippen molar-refractivity contribution in [3.05, 3.63) is 71.0 Å². The highest BCUT2D eigenvalue weighted by Crippen LogP contribution is 2.26. The van der Waals surface area contributed by atoms with Gasteiger partial charge in [-0.05, 0) is 36.4 Å². The first-order chi connectivity index (χ1) is 9.81. The molecule has 0 saturated heterocycles. The van der Waals surface area contributed by atoms with Crippen molar-refractivity contribution in [2.45, 2.75) is 10.6 Å². The average molecular weight is 346 g/mol. The summed E-state index contributed by atoms with van der Waals surface area (Å²) in [6, 6.07) is 18.2. The Morgan fingerprint density at radius 3 is 2.50 bits per heavy atom. The van der Waals surface area contributed by atoms with Crippen molar-refractivity contribution in [1.82, 2.24) is 4.98 Å². The van der Waals surface area contributed by atoms with E-state index >= 15 is 0 Å². The number of thioether (sulfide) groups is 1. The van der Waals surface area contributed by atoms with Gasteiger partial charge >= 0.3 is 0 Å². The topological polar surface area (TPSA) is 26.0 Å². The first kappa shape index (κ1) is 13.5. The zero-order valence-corrected chi connectivity index (χ0v) is 13.0. The van der Waals surface area contributed by atoms with Crippen molar-refractivity contribution in [2.75, 3.05) is 0 Å². The number of aromatic nitrogens is 1. The fraction of sp³-hybridized carbons (Fsp3) is 0.0625. The summed E-state index contributed by atoms with van der Waals surface area (Å²) in [5.74, 6) is 2.34. The molecule has 100 valence electrons. The van der Waals surface area contributed by atoms with E-state index in [-0.39, 0.29) is 0 Å². The van der Waals surface area contributed by atoms with Crippen molar-refractivity contribution >= 4 is 27.7 Å². The second kappa shape index (κ2) is 6.29. The van der Waals surface area contributed by atoms with E-state index in [0.29, 0.717) is 5.89 Å². The van der Waals surface area contributed by atoms with Gasteiger partial charge in [-0.25, -0.2) is 4.98 Å². The van der Waals surface area contributed by atoms with Crippen LogP contribution in [0.25, 0.3) is 11.5 Å². The second-order valence-corrected chi connectivity index (χ2v) is 6.20. The maximum absolute atomic E-state index is 5.78. The Morgan fingerprint density at radius 1 is 1.00 bits per heavy atom. The van der Waals surface area contributed by atoms with Gasteiger partial charge < -0.3 is 4.42 Å². The smallest absolute Gasteiger partial charge is 0.226 e. The Morgan fingerprint density at radius 2 is 1.75 bits per heavy atom. The highest BCUT2D eigenvalue weighted by Gasteiger charge is 2.07. The largest absolute Gasteiger partial charge is 0.440 e. The first-order valence-corrected chi connectivity index (χ1v) is 7.97. The van der Waals surface area contributed by atoms with Gasteiger partial charge in [-0.3, -0.25) is 0 Å². The number of hydrogen-bond acceptors (Lipinski definition) is 3. The average Bonchev–Trinajstić information content (AvgIpc) is 2.96. The van der Waals surface area contributed by atoms with Gasteiger partial charge in [0.2, 0.25) is 5.89 Å². The van der Waals surface area contributed by atoms with Gasteiger partial charge in [0.25, 0.3) is 0 Å². The third kappa shape index (κ3) is 3.32. The maximum atomic E-state index is 5.78. The third-order valence-corrected chi connectivity index (χ3v) is 4.33. The summed E-state index contributed by atoms with van der Waals surface area (Å²) in [5.41, 5.74) is 0.990. The minimum atomic E-state index is 0.668. The Bertz CT molecular complexity index is 679. The lowest BCUT2D eigenvalue weighted by Gasteiger charge is -1.98. The van der Waals surface area contributed by atoms with E-state index in [1.54, 1.807) is 18.0 Å². The van der Waals surface area contributed by atoms with Crippen molar-refractivity contribution in [2.24, 2.45) is 0 Å². The monoisotopic (exact) mass is 345 g/mol. The van der Waals surface area contributed by atoms with Crippen molar-refractivity contribution in [3.8, 4) is 11.5 Å². The minimum Gasteiger partial charge on any atom is -0.440 e. The molecule has 0 amide bonds. The van der Waals surface area contributed by atoms with E-state index < -0.39 is 0 Å². The fourth-order valence-corrected chi connectivity index (χ4v) is 2.83. The molecule has 3 rings (SSSR count). The van der Waals surface area contributed by atoms with Gasteiger partial charge in [0, 0.05) is 14.9 Å². The molecular weight excluding hydrogens is 334 g/mol. The van der Waals surface area contributed by atoms with E-state index in [4.69, 9.17) is 4.42 Å². The van der Waals surface area contributed by atoms with Crippen LogP contribution in [0.4, 0.5) is 0 Å². The molecule has 4 heteroatoms. The molecule has 1 heterocycles. The van der Waals surface area contributed by atoms with Crippen molar-refractivity contribution in [3.63, 3.8) is 0 Å². The molecule has 0 unspecified atom stereocenters. The maximum Gasteiger partial charge on any atom is 0.226 e. The molecule has 0 spiro atoms. The predicted octanol–water partition coefficient (Wildman–Crippen LogP) is 5.40. The Labute approximate surface area is 130 Å². The van der Waals surface area contributed by atoms with Gasteiger partial charge in [0.1, 0.15) is 5.76 Å². The summed E-state index contributed by atoms with van der Waals surface area (Å²) in [5, 5.41) is 0. The third-order valence-electron chi connectivity index (χ3n) is 2.77. The van der Waals surface area contributed by atoms with Crippen LogP contribution >= 0.6 is 27.7 Å². The lowest BCUT2D eigenvalue weighted by molar-refractivity contribution is 0.538. The van der Waals surface area contributed by atoms with Crippen LogP contribution in [0.15, 0.2) is 74.6 Å². The molecule has 0 bridgehead atoms. The highest BCUT2D eigenvalue weighted by atomic mass is 79.9. The molecule has 1 aromatic heterocycles. The number of halogens is 1. The van der Waals surface area contributed by atoms with Crippen LogP contribution in [0.2, 0.25) is 0 Å². The second-order valence-electron chi connectivity index (χ2n) is 4.24. The minimum absolute atomic E-state index is 0.668. The van der Waals surface area contributed by atoms with E-state index in [0.717, 1.165) is 21.5 Å². The zero-order valence-electron chi connectivity index (χ0n) is 10.6. The van der Waals surface area contributed by atoms with E-state index in [1.807, 2.05) is 42.5 Å². The van der Waals surface area contributed by atoms with Gasteiger partial charge in [-0.2, -0.15) is 0 Å². The molecule has 0 aliphatic heterocycles. The molecule has 0 aliphatic carbocycles. The SMILES string of the molecule is Brc1ccc(-c2ncc(CSc3ccccc3)o2)cc1. The molecule has 20 heavy (non-hydrogen) atoms. The van der Waals surface area contributed by atoms with Crippen LogP contribution in [0.5, 0.6) is 0 Å². The Hall–Kier alpha value is -1.52. The summed E-state index contributed by atoms with van der Waals surface area (Å²) in [6.07, 6.45) is 1.80. The van der Waals surface area contributed by atoms with Crippen molar-refractivity contribution < 1.29 is 4.42 Å². The molecule has 3 aromatic rings. The summed E-state index contributed by atoms with van der Waals surface area (Å²) >= 11 is 5.16. The van der Waals surface area contributed by atoms with Crippen LogP contribution < -0.4 is 0 Å². The zero-order chi connectivity index (χ0) is 13.8. The summed E-state index contributed by atoms with van der Waals surface area (Å²) < 4.78 is 6.83. The van der Waals surface area contributed by atoms with E-state index in [9.17, 15) is 0 Å². The molecule has 0 radical (unpaired) electrons. The van der Waals surface area contributed by atoms with Crippen LogP contribution in [0, 0.1) is 0 Å². The normalized spacial score (nSPS) is 10.7. The summed E-state index contributed by atoms with van der Waals surface area (Å²) in [7, 11) is 0. The lowest BCUT2D eigenvalue weighted by Crippen LogP contribution is -1.76. The van der Waals surface area contributed by atoms with Gasteiger partial charge in [-0.1, -0.05) is 34.1 Å². The fourth-order valence-electron chi connectivity index (χ4n) is 1.77. The Balaban J connectivity index is 1.69. The number of rotatable bonds is 4. The number of benzene rings is 2. The standard InChI is InChI=1S/C16H12BrNOS/c17-13-8-6-12(7-9-13)16-18-10-14(19-16)11-20-15-4-2-1-3-5-15/h1-10H,11H2. The molecule has 0 fully saturated rings. The summed E-state index contributed by atoms with van der Waals surface area (Å²) in [6.45, 7) is 0. The molecule has 0 saturated carbocycles. The van der Waals surface area contributed by atoms with Gasteiger partial charge in [-0.15, -0.1) is 11.8 Å². The molecular formula is C16H12BrNOS. The quantitative estimate of drug-likeness (QED) is 0.592. The number of nitrogens with zero attached hydrogens (tertiary/aromatic N) is 1. The van der Waals surface area contributed by atoms with Gasteiger partial charge in [0.15, 0.2) is 0 Å². The molecule has 2 aromatic carbocycles. The van der Waals surface area contributed by atoms with Crippen molar-refractivity contribution in [1.29, 1.82) is 0 Å². The molecule has 0 aliphatic rings. The van der Waals surface area contributed by atoms with E-state index in [1.165, 1.54) is 4.90 Å². The van der Waals surface area contributed by atoms with Crippen LogP contribution in [0.1, 0.15) is 5.76 Å². The number of hydrogen-bond donors (Lipinski definition) is 0. The Kier molecular flexibility index (Phi) is 4.23. The lowest BCUT2D eigenvalue weighted by atomic mass is 10.2. The predicted molar refractivity (Wildman–Crippen MR) is 85.6 cm³/mol. The first-order valence-electron chi connectivity index (χ1n) is 6.20.